The monoisotopic (exact) mass is 1070 g/mol. The summed E-state index contributed by atoms with van der Waals surface area (Å²) in [6.07, 6.45) is 4.71. The van der Waals surface area contributed by atoms with Gasteiger partial charge in [0.25, 0.3) is 17.4 Å². The Morgan fingerprint density at radius 2 is 1.51 bits per heavy atom. The van der Waals surface area contributed by atoms with Gasteiger partial charge in [0, 0.05) is 80.8 Å². The van der Waals surface area contributed by atoms with E-state index in [1.165, 1.54) is 36.0 Å². The molecule has 0 saturated carbocycles. The van der Waals surface area contributed by atoms with Gasteiger partial charge >= 0.3 is 12.1 Å². The van der Waals surface area contributed by atoms with Crippen molar-refractivity contribution in [3.63, 3.8) is 0 Å². The summed E-state index contributed by atoms with van der Waals surface area (Å²) in [5.41, 5.74) is 0.993. The Morgan fingerprint density at radius 1 is 0.833 bits per heavy atom. The average Bonchev–Trinajstić information content (AvgIpc) is 4.14. The summed E-state index contributed by atoms with van der Waals surface area (Å²) in [5, 5.41) is 15.1. The predicted octanol–water partition coefficient (Wildman–Crippen LogP) is 2.32. The zero-order valence-electron chi connectivity index (χ0n) is 44.5. The lowest BCUT2D eigenvalue weighted by Gasteiger charge is -2.36. The summed E-state index contributed by atoms with van der Waals surface area (Å²) in [7, 11) is 2.88. The lowest BCUT2D eigenvalue weighted by atomic mass is 9.85. The van der Waals surface area contributed by atoms with Gasteiger partial charge in [-0.25, -0.2) is 14.6 Å². The van der Waals surface area contributed by atoms with Gasteiger partial charge in [-0.2, -0.15) is 0 Å². The SMILES string of the molecule is CC[C@]1(OC(=O)N(C)CCN(C)C(=O)CNC(=O)[C@H](Cc2ccccc2)NC(=O)CNC(=O)CNC(=O)CCCCCN2C(=O)C=CC2=O)C(=O)OCc2c1cc1n(c2=O)Cc2c-1nc1ccccc1c2/C=N/OC(C)(C)C. The molecule has 2 aromatic carbocycles. The number of carbonyl (C=O) groups is 9. The van der Waals surface area contributed by atoms with Crippen LogP contribution in [-0.4, -0.2) is 149 Å². The Balaban J connectivity index is 0.913. The smallest absolute Gasteiger partial charge is 0.411 e. The first-order valence-electron chi connectivity index (χ1n) is 25.6. The molecule has 0 aliphatic carbocycles. The average molecular weight is 1070 g/mol. The molecule has 23 nitrogen and oxygen atoms in total. The third-order valence-corrected chi connectivity index (χ3v) is 13.3. The Hall–Kier alpha value is -8.76. The largest absolute Gasteiger partial charge is 0.457 e. The van der Waals surface area contributed by atoms with E-state index >= 15 is 0 Å². The maximum absolute atomic E-state index is 14.3. The van der Waals surface area contributed by atoms with Gasteiger partial charge in [0.15, 0.2) is 0 Å². The van der Waals surface area contributed by atoms with Crippen LogP contribution in [0.5, 0.6) is 0 Å². The number of cyclic esters (lactones) is 1. The summed E-state index contributed by atoms with van der Waals surface area (Å²) in [5.74, 6) is -4.58. The van der Waals surface area contributed by atoms with E-state index in [0.717, 1.165) is 10.3 Å². The van der Waals surface area contributed by atoms with Gasteiger partial charge in [0.05, 0.1) is 54.9 Å². The number of oxime groups is 1. The van der Waals surface area contributed by atoms with Crippen molar-refractivity contribution in [1.29, 1.82) is 0 Å². The molecule has 0 bridgehead atoms. The molecule has 3 aliphatic heterocycles. The molecule has 0 saturated heterocycles. The molecule has 3 aliphatic rings. The maximum Gasteiger partial charge on any atom is 0.411 e. The molecule has 4 N–H and O–H groups in total. The van der Waals surface area contributed by atoms with E-state index in [4.69, 9.17) is 19.3 Å². The van der Waals surface area contributed by atoms with Crippen molar-refractivity contribution in [1.82, 2.24) is 45.5 Å². The highest BCUT2D eigenvalue weighted by atomic mass is 16.6. The molecule has 5 heterocycles. The Bertz CT molecular complexity index is 3110. The number of amides is 8. The number of fused-ring (bicyclic) bond motifs is 5. The molecule has 8 amide bonds. The second-order valence-corrected chi connectivity index (χ2v) is 20.0. The van der Waals surface area contributed by atoms with E-state index < -0.39 is 84.0 Å². The van der Waals surface area contributed by atoms with Crippen LogP contribution in [-0.2, 0) is 77.8 Å². The number of imide groups is 1. The van der Waals surface area contributed by atoms with E-state index in [9.17, 15) is 47.9 Å². The normalized spacial score (nSPS) is 15.7. The Morgan fingerprint density at radius 3 is 2.23 bits per heavy atom. The summed E-state index contributed by atoms with van der Waals surface area (Å²) in [6, 6.07) is 16.8. The number of likely N-dealkylation sites (N-methyl/N-ethyl adjacent to an activating group) is 2. The minimum absolute atomic E-state index is 0.0359. The fourth-order valence-electron chi connectivity index (χ4n) is 8.96. The molecule has 412 valence electrons. The van der Waals surface area contributed by atoms with E-state index in [2.05, 4.69) is 26.4 Å². The number of rotatable bonds is 23. The van der Waals surface area contributed by atoms with E-state index in [1.54, 1.807) is 54.1 Å². The number of nitrogens with one attached hydrogen (secondary N) is 4. The molecule has 7 rings (SSSR count). The molecule has 78 heavy (non-hydrogen) atoms. The molecule has 2 atom stereocenters. The fourth-order valence-corrected chi connectivity index (χ4v) is 8.96. The van der Waals surface area contributed by atoms with Crippen molar-refractivity contribution in [3.05, 3.63) is 111 Å². The van der Waals surface area contributed by atoms with Gasteiger partial charge in [-0.05, 0) is 57.7 Å². The van der Waals surface area contributed by atoms with Gasteiger partial charge in [-0.1, -0.05) is 67.0 Å². The lowest BCUT2D eigenvalue weighted by molar-refractivity contribution is -0.173. The Kier molecular flexibility index (Phi) is 18.2. The first-order valence-corrected chi connectivity index (χ1v) is 25.6. The second-order valence-electron chi connectivity index (χ2n) is 20.0. The molecular formula is C55H64N10O13. The number of ether oxygens (including phenoxy) is 2. The fraction of sp³-hybridized carbons (Fsp3) is 0.418. The first kappa shape index (κ1) is 57.0. The van der Waals surface area contributed by atoms with Crippen LogP contribution in [0.1, 0.15) is 87.6 Å². The van der Waals surface area contributed by atoms with Crippen LogP contribution in [0.4, 0.5) is 4.79 Å². The predicted molar refractivity (Wildman–Crippen MR) is 283 cm³/mol. The Labute approximate surface area is 449 Å². The van der Waals surface area contributed by atoms with Crippen molar-refractivity contribution in [3.8, 4) is 11.4 Å². The highest BCUT2D eigenvalue weighted by molar-refractivity contribution is 6.12. The molecule has 4 aromatic rings. The topological polar surface area (TPSA) is 286 Å². The van der Waals surface area contributed by atoms with Crippen LogP contribution in [0.25, 0.3) is 22.3 Å². The third kappa shape index (κ3) is 13.6. The van der Waals surface area contributed by atoms with Crippen LogP contribution in [0, 0.1) is 0 Å². The standard InChI is InChI=1S/C55H64N10O13/c1-7-55(39-27-42-49-37(32-65(42)51(73)38(39)33-76-52(55)74)36(28-59-78-54(2,3)4)35-18-13-14-19-40(35)61-49)77-53(75)63(6)25-24-62(5)48(71)31-58-50(72)41(26-34-16-10-8-11-17-34)60-45(68)30-57-44(67)29-56-43(66)20-12-9-15-23-64-46(69)21-22-47(64)70/h8,10-11,13-14,16-19,21-22,27-28,41H,7,9,12,15,20,23-26,29-33H2,1-6H3,(H,56,66)(H,57,67)(H,58,72)(H,60,68)/b59-28+/t41-,55+/m0/s1. The summed E-state index contributed by atoms with van der Waals surface area (Å²) < 4.78 is 13.1. The number of nitrogens with zero attached hydrogens (tertiary/aromatic N) is 6. The van der Waals surface area contributed by atoms with Crippen LogP contribution in [0.15, 0.2) is 82.8 Å². The maximum atomic E-state index is 14.3. The highest BCUT2D eigenvalue weighted by Crippen LogP contribution is 2.42. The minimum atomic E-state index is -2.01. The number of pyridine rings is 2. The number of benzene rings is 2. The van der Waals surface area contributed by atoms with Crippen molar-refractivity contribution < 1.29 is 57.5 Å². The molecule has 0 spiro atoms. The molecule has 2 aromatic heterocycles. The number of esters is 1. The molecule has 0 radical (unpaired) electrons. The number of carbonyl (C=O) groups excluding carboxylic acids is 9. The zero-order chi connectivity index (χ0) is 56.3. The van der Waals surface area contributed by atoms with Crippen LogP contribution in [0.3, 0.4) is 0 Å². The quantitative estimate of drug-likeness (QED) is 0.0240. The third-order valence-electron chi connectivity index (χ3n) is 13.3. The molecule has 0 unspecified atom stereocenters. The van der Waals surface area contributed by atoms with Gasteiger partial charge < -0.3 is 49.9 Å². The number of hydrogen-bond acceptors (Lipinski definition) is 15. The van der Waals surface area contributed by atoms with Gasteiger partial charge in [0.1, 0.15) is 18.2 Å². The van der Waals surface area contributed by atoms with E-state index in [1.807, 2.05) is 45.0 Å². The van der Waals surface area contributed by atoms with Gasteiger partial charge in [0.2, 0.25) is 35.1 Å². The summed E-state index contributed by atoms with van der Waals surface area (Å²) in [4.78, 5) is 144. The number of para-hydroxylation sites is 1. The summed E-state index contributed by atoms with van der Waals surface area (Å²) in [6.45, 7) is 5.79. The van der Waals surface area contributed by atoms with Gasteiger partial charge in [-0.3, -0.25) is 43.3 Å². The molecular weight excluding hydrogens is 1010 g/mol. The molecule has 0 fully saturated rings. The number of hydrogen-bond donors (Lipinski definition) is 4. The van der Waals surface area contributed by atoms with E-state index in [-0.39, 0.29) is 75.0 Å². The molecule has 23 heteroatoms. The second kappa shape index (κ2) is 24.9. The number of aromatic nitrogens is 2. The lowest BCUT2D eigenvalue weighted by Crippen LogP contribution is -2.52. The number of unbranched alkanes of at least 4 members (excludes halogenated alkanes) is 2. The van der Waals surface area contributed by atoms with Crippen molar-refractivity contribution in [2.75, 3.05) is 53.4 Å². The summed E-state index contributed by atoms with van der Waals surface area (Å²) >= 11 is 0. The van der Waals surface area contributed by atoms with Crippen molar-refractivity contribution in [2.45, 2.75) is 96.6 Å². The van der Waals surface area contributed by atoms with Crippen LogP contribution >= 0.6 is 0 Å². The van der Waals surface area contributed by atoms with Gasteiger partial charge in [-0.15, -0.1) is 0 Å². The van der Waals surface area contributed by atoms with Crippen LogP contribution < -0.4 is 26.8 Å². The highest BCUT2D eigenvalue weighted by Gasteiger charge is 2.51. The van der Waals surface area contributed by atoms with Crippen LogP contribution in [0.2, 0.25) is 0 Å². The first-order chi connectivity index (χ1) is 37.2. The zero-order valence-corrected chi connectivity index (χ0v) is 44.5. The minimum Gasteiger partial charge on any atom is -0.457 e. The van der Waals surface area contributed by atoms with Crippen molar-refractivity contribution in [2.24, 2.45) is 5.16 Å². The van der Waals surface area contributed by atoms with E-state index in [0.29, 0.717) is 52.9 Å². The van der Waals surface area contributed by atoms with Crippen molar-refractivity contribution >= 4 is 70.5 Å².